The van der Waals surface area contributed by atoms with Crippen molar-refractivity contribution in [2.75, 3.05) is 26.2 Å². The second kappa shape index (κ2) is 9.94. The maximum atomic E-state index is 13.5. The lowest BCUT2D eigenvalue weighted by atomic mass is 9.86. The van der Waals surface area contributed by atoms with Gasteiger partial charge in [0.2, 0.25) is 5.91 Å². The van der Waals surface area contributed by atoms with Crippen LogP contribution in [0.5, 0.6) is 0 Å². The monoisotopic (exact) mass is 423 g/mol. The first-order chi connectivity index (χ1) is 13.7. The number of nitrogens with one attached hydrogen (secondary N) is 2. The van der Waals surface area contributed by atoms with Crippen LogP contribution in [0.4, 0.5) is 0 Å². The van der Waals surface area contributed by atoms with Gasteiger partial charge in [-0.25, -0.2) is 0 Å². The number of halogens is 1. The van der Waals surface area contributed by atoms with Crippen LogP contribution in [0.3, 0.4) is 0 Å². The molecule has 0 unspecified atom stereocenters. The normalized spacial score (nSPS) is 23.2. The number of carbonyl (C=O) groups is 2. The Bertz CT molecular complexity index is 661. The summed E-state index contributed by atoms with van der Waals surface area (Å²) in [7, 11) is 0. The summed E-state index contributed by atoms with van der Waals surface area (Å²) in [5.41, 5.74) is -0.563. The van der Waals surface area contributed by atoms with E-state index in [2.05, 4.69) is 15.7 Å². The highest BCUT2D eigenvalue weighted by Crippen LogP contribution is 2.31. The van der Waals surface area contributed by atoms with Crippen LogP contribution in [0.1, 0.15) is 57.8 Å². The first-order valence-electron chi connectivity index (χ1n) is 11.0. The molecule has 1 aromatic heterocycles. The molecule has 1 aliphatic carbocycles. The van der Waals surface area contributed by atoms with E-state index in [9.17, 15) is 9.59 Å². The molecule has 2 amide bonds. The summed E-state index contributed by atoms with van der Waals surface area (Å²) in [5, 5.41) is 11.0. The number of amides is 2. The topological polar surface area (TPSA) is 79.3 Å². The van der Waals surface area contributed by atoms with E-state index in [0.29, 0.717) is 13.1 Å². The van der Waals surface area contributed by atoms with Crippen molar-refractivity contribution in [2.45, 2.75) is 69.4 Å². The van der Waals surface area contributed by atoms with E-state index in [1.54, 1.807) is 6.20 Å². The Morgan fingerprint density at radius 3 is 2.34 bits per heavy atom. The highest BCUT2D eigenvalue weighted by atomic mass is 35.5. The van der Waals surface area contributed by atoms with Gasteiger partial charge in [0.05, 0.1) is 0 Å². The van der Waals surface area contributed by atoms with Gasteiger partial charge in [-0.15, -0.1) is 12.4 Å². The number of piperidine rings is 2. The number of carbonyl (C=O) groups excluding carboxylic acids is 2. The van der Waals surface area contributed by atoms with E-state index in [4.69, 9.17) is 0 Å². The zero-order valence-corrected chi connectivity index (χ0v) is 18.0. The third-order valence-electron chi connectivity index (χ3n) is 6.88. The average molecular weight is 424 g/mol. The van der Waals surface area contributed by atoms with Crippen molar-refractivity contribution >= 4 is 24.2 Å². The molecule has 3 heterocycles. The molecule has 0 bridgehead atoms. The minimum atomic E-state index is -0.563. The summed E-state index contributed by atoms with van der Waals surface area (Å²) in [6.45, 7) is 3.09. The first-order valence-corrected chi connectivity index (χ1v) is 11.0. The van der Waals surface area contributed by atoms with E-state index in [1.165, 1.54) is 19.3 Å². The van der Waals surface area contributed by atoms with Gasteiger partial charge in [0, 0.05) is 37.4 Å². The van der Waals surface area contributed by atoms with E-state index in [-0.39, 0.29) is 36.2 Å². The third kappa shape index (κ3) is 4.77. The summed E-state index contributed by atoms with van der Waals surface area (Å²) in [6, 6.07) is 2.09. The molecule has 8 heteroatoms. The van der Waals surface area contributed by atoms with Crippen molar-refractivity contribution in [3.8, 4) is 0 Å². The van der Waals surface area contributed by atoms with Crippen molar-refractivity contribution in [3.05, 3.63) is 18.5 Å². The molecule has 2 aliphatic heterocycles. The van der Waals surface area contributed by atoms with Crippen molar-refractivity contribution in [1.82, 2.24) is 25.3 Å². The fourth-order valence-electron chi connectivity index (χ4n) is 5.11. The Morgan fingerprint density at radius 2 is 1.72 bits per heavy atom. The molecule has 1 saturated carbocycles. The molecule has 0 aromatic carbocycles. The summed E-state index contributed by atoms with van der Waals surface area (Å²) < 4.78 is 1.87. The Hall–Kier alpha value is -1.60. The molecule has 4 rings (SSSR count). The molecule has 1 aromatic rings. The lowest BCUT2D eigenvalue weighted by molar-refractivity contribution is -0.144. The largest absolute Gasteiger partial charge is 0.353 e. The number of nitrogens with zero attached hydrogens (tertiary/aromatic N) is 3. The van der Waals surface area contributed by atoms with Gasteiger partial charge in [-0.05, 0) is 57.7 Å². The smallest absolute Gasteiger partial charge is 0.250 e. The molecule has 29 heavy (non-hydrogen) atoms. The Kier molecular flexibility index (Phi) is 7.57. The molecule has 3 fully saturated rings. The maximum Gasteiger partial charge on any atom is 0.250 e. The van der Waals surface area contributed by atoms with Gasteiger partial charge in [0.25, 0.3) is 5.91 Å². The number of hydrogen-bond acceptors (Lipinski definition) is 4. The zero-order valence-electron chi connectivity index (χ0n) is 17.1. The number of rotatable bonds is 4. The Balaban J connectivity index is 0.00000240. The summed E-state index contributed by atoms with van der Waals surface area (Å²) in [5.74, 6) is 0.622. The first kappa shape index (κ1) is 22.1. The van der Waals surface area contributed by atoms with E-state index in [0.717, 1.165) is 51.6 Å². The summed E-state index contributed by atoms with van der Waals surface area (Å²) >= 11 is 0. The molecule has 0 radical (unpaired) electrons. The molecule has 7 nitrogen and oxygen atoms in total. The minimum Gasteiger partial charge on any atom is -0.353 e. The van der Waals surface area contributed by atoms with Gasteiger partial charge in [-0.3, -0.25) is 14.3 Å². The second-order valence-electron chi connectivity index (χ2n) is 8.64. The highest BCUT2D eigenvalue weighted by Gasteiger charge is 2.45. The van der Waals surface area contributed by atoms with Gasteiger partial charge in [-0.2, -0.15) is 5.10 Å². The van der Waals surface area contributed by atoms with Crippen LogP contribution < -0.4 is 10.6 Å². The van der Waals surface area contributed by atoms with Crippen LogP contribution in [-0.4, -0.2) is 58.7 Å². The van der Waals surface area contributed by atoms with Crippen LogP contribution >= 0.6 is 12.4 Å². The molecule has 0 atom stereocenters. The fraction of sp³-hybridized carbons (Fsp3) is 0.762. The molecule has 2 N–H and O–H groups in total. The zero-order chi connectivity index (χ0) is 19.4. The molecule has 162 valence electrons. The molecule has 0 spiro atoms. The lowest BCUT2D eigenvalue weighted by Crippen LogP contribution is -2.58. The molecular weight excluding hydrogens is 390 g/mol. The molecular formula is C21H34ClN5O2. The van der Waals surface area contributed by atoms with Crippen molar-refractivity contribution in [3.63, 3.8) is 0 Å². The Labute approximate surface area is 179 Å². The molecule has 3 aliphatic rings. The van der Waals surface area contributed by atoms with E-state index in [1.807, 2.05) is 21.8 Å². The summed E-state index contributed by atoms with van der Waals surface area (Å²) in [6.07, 6.45) is 12.6. The van der Waals surface area contributed by atoms with Gasteiger partial charge in [0.15, 0.2) is 0 Å². The predicted octanol–water partition coefficient (Wildman–Crippen LogP) is 2.07. The Morgan fingerprint density at radius 1 is 1.03 bits per heavy atom. The quantitative estimate of drug-likeness (QED) is 0.777. The number of aromatic nitrogens is 2. The highest BCUT2D eigenvalue weighted by molar-refractivity contribution is 5.85. The third-order valence-corrected chi connectivity index (χ3v) is 6.88. The van der Waals surface area contributed by atoms with Crippen molar-refractivity contribution < 1.29 is 9.59 Å². The van der Waals surface area contributed by atoms with E-state index >= 15 is 0 Å². The van der Waals surface area contributed by atoms with Crippen LogP contribution in [0.2, 0.25) is 0 Å². The standard InChI is InChI=1S/C21H33N5O2.ClH/c27-19(17-5-2-1-3-6-17)24-18-7-15-25(16-8-18)20(28)21(9-12-22-13-10-21)26-14-4-11-23-26;/h4,11,14,17-18,22H,1-3,5-10,12-13,15-16H2,(H,24,27);1H. The predicted molar refractivity (Wildman–Crippen MR) is 114 cm³/mol. The van der Waals surface area contributed by atoms with Crippen LogP contribution in [-0.2, 0) is 15.1 Å². The van der Waals surface area contributed by atoms with Crippen molar-refractivity contribution in [1.29, 1.82) is 0 Å². The van der Waals surface area contributed by atoms with Crippen LogP contribution in [0.25, 0.3) is 0 Å². The summed E-state index contributed by atoms with van der Waals surface area (Å²) in [4.78, 5) is 28.0. The van der Waals surface area contributed by atoms with Crippen LogP contribution in [0, 0.1) is 5.92 Å². The van der Waals surface area contributed by atoms with Crippen LogP contribution in [0.15, 0.2) is 18.5 Å². The van der Waals surface area contributed by atoms with Gasteiger partial charge in [0.1, 0.15) is 5.54 Å². The second-order valence-corrected chi connectivity index (χ2v) is 8.64. The van der Waals surface area contributed by atoms with E-state index < -0.39 is 5.54 Å². The number of hydrogen-bond donors (Lipinski definition) is 2. The molecule has 2 saturated heterocycles. The van der Waals surface area contributed by atoms with Crippen molar-refractivity contribution in [2.24, 2.45) is 5.92 Å². The van der Waals surface area contributed by atoms with Gasteiger partial charge < -0.3 is 15.5 Å². The minimum absolute atomic E-state index is 0. The van der Waals surface area contributed by atoms with Gasteiger partial charge >= 0.3 is 0 Å². The van der Waals surface area contributed by atoms with Gasteiger partial charge in [-0.1, -0.05) is 19.3 Å². The fourth-order valence-corrected chi connectivity index (χ4v) is 5.11. The average Bonchev–Trinajstić information content (AvgIpc) is 3.30. The SMILES string of the molecule is Cl.O=C(NC1CCN(C(=O)C2(n3cccn3)CCNCC2)CC1)C1CCCCC1. The maximum absolute atomic E-state index is 13.5. The number of likely N-dealkylation sites (tertiary alicyclic amines) is 1. The lowest BCUT2D eigenvalue weighted by Gasteiger charge is -2.42.